The number of amides is 2. The van der Waals surface area contributed by atoms with Gasteiger partial charge in [0.15, 0.2) is 11.6 Å². The van der Waals surface area contributed by atoms with Gasteiger partial charge in [-0.25, -0.2) is 35.6 Å². The maximum Gasteiger partial charge on any atom is 0.342 e. The number of aryl methyl sites for hydroxylation is 1. The molecule has 1 fully saturated rings. The normalized spacial score (nSPS) is 19.8. The van der Waals surface area contributed by atoms with Crippen LogP contribution < -0.4 is 5.84 Å². The number of fused-ring (bicyclic) bond motifs is 3. The van der Waals surface area contributed by atoms with Gasteiger partial charge in [0, 0.05) is 6.54 Å². The van der Waals surface area contributed by atoms with Crippen LogP contribution in [0.4, 0.5) is 4.79 Å². The summed E-state index contributed by atoms with van der Waals surface area (Å²) in [5, 5.41) is 4.47. The molecule has 3 aliphatic rings. The Balaban J connectivity index is 1.40. The lowest BCUT2D eigenvalue weighted by atomic mass is 10.2. The van der Waals surface area contributed by atoms with E-state index in [2.05, 4.69) is 9.98 Å². The molecule has 0 saturated carbocycles. The number of aliphatic imine (C=N–C) groups is 2. The lowest BCUT2D eigenvalue weighted by Crippen LogP contribution is -2.45. The fourth-order valence-electron chi connectivity index (χ4n) is 3.98. The molecule has 1 atom stereocenters. The first kappa shape index (κ1) is 22.1. The van der Waals surface area contributed by atoms with Crippen molar-refractivity contribution in [2.24, 2.45) is 15.8 Å². The van der Waals surface area contributed by atoms with Crippen molar-refractivity contribution in [1.82, 2.24) is 19.9 Å². The average molecular weight is 486 g/mol. The smallest absolute Gasteiger partial charge is 0.342 e. The van der Waals surface area contributed by atoms with Crippen molar-refractivity contribution in [3.63, 3.8) is 0 Å². The number of nitrogens with zero attached hydrogens (tertiary/aromatic N) is 6. The highest BCUT2D eigenvalue weighted by Crippen LogP contribution is 2.38. The maximum absolute atomic E-state index is 13.2. The molecule has 34 heavy (non-hydrogen) atoms. The van der Waals surface area contributed by atoms with E-state index in [-0.39, 0.29) is 24.1 Å². The van der Waals surface area contributed by atoms with Gasteiger partial charge in [-0.3, -0.25) is 9.08 Å². The number of benzene rings is 1. The highest BCUT2D eigenvalue weighted by molar-refractivity contribution is 7.86. The number of hydrogen-bond donors (Lipinski definition) is 1. The summed E-state index contributed by atoms with van der Waals surface area (Å²) >= 11 is 0. The van der Waals surface area contributed by atoms with Gasteiger partial charge in [0.2, 0.25) is 6.29 Å². The number of nitrogens with two attached hydrogens (primary N) is 1. The van der Waals surface area contributed by atoms with Gasteiger partial charge in [-0.2, -0.15) is 8.42 Å². The molecule has 3 aliphatic heterocycles. The first-order chi connectivity index (χ1) is 16.3. The molecule has 1 aromatic heterocycles. The number of rotatable bonds is 7. The summed E-state index contributed by atoms with van der Waals surface area (Å²) in [6.07, 6.45) is 2.18. The van der Waals surface area contributed by atoms with Crippen LogP contribution in [-0.4, -0.2) is 72.5 Å². The van der Waals surface area contributed by atoms with E-state index < -0.39 is 16.4 Å². The zero-order valence-corrected chi connectivity index (χ0v) is 19.3. The largest absolute Gasteiger partial charge is 0.463 e. The van der Waals surface area contributed by atoms with Crippen molar-refractivity contribution in [1.29, 1.82) is 0 Å². The lowest BCUT2D eigenvalue weighted by molar-refractivity contribution is 0.0665. The number of hydrazine groups is 2. The van der Waals surface area contributed by atoms with Crippen LogP contribution in [0.2, 0.25) is 0 Å². The second kappa shape index (κ2) is 8.27. The third-order valence-electron chi connectivity index (χ3n) is 5.62. The van der Waals surface area contributed by atoms with Crippen molar-refractivity contribution < 1.29 is 21.8 Å². The number of furan rings is 1. The molecule has 12 nitrogen and oxygen atoms in total. The molecule has 2 N–H and O–H groups in total. The Kier molecular flexibility index (Phi) is 5.38. The van der Waals surface area contributed by atoms with Crippen molar-refractivity contribution in [3.05, 3.63) is 59.7 Å². The van der Waals surface area contributed by atoms with E-state index >= 15 is 0 Å². The quantitative estimate of drug-likeness (QED) is 0.461. The standard InChI is InChI=1S/C21H23N7O5S/c1-3-27-21(29)25(10-12-33-34(30,31)15-8-6-14(2)7-9-15)20-24-19-18(28(20)27)17(23-13-26(19)22)16-5-4-11-32-16/h4-9,11,13,20H,3,10,12,22H2,1-2H3. The van der Waals surface area contributed by atoms with Gasteiger partial charge in [-0.15, -0.1) is 0 Å². The average Bonchev–Trinajstić information content (AvgIpc) is 3.52. The van der Waals surface area contributed by atoms with Gasteiger partial charge < -0.3 is 4.42 Å². The van der Waals surface area contributed by atoms with E-state index in [0.717, 1.165) is 5.56 Å². The van der Waals surface area contributed by atoms with Crippen LogP contribution in [0, 0.1) is 6.92 Å². The Morgan fingerprint density at radius 2 is 1.97 bits per heavy atom. The Morgan fingerprint density at radius 3 is 2.65 bits per heavy atom. The highest BCUT2D eigenvalue weighted by atomic mass is 32.2. The highest BCUT2D eigenvalue weighted by Gasteiger charge is 2.52. The Labute approximate surface area is 196 Å². The lowest BCUT2D eigenvalue weighted by Gasteiger charge is -2.30. The van der Waals surface area contributed by atoms with Crippen LogP contribution in [0.5, 0.6) is 0 Å². The van der Waals surface area contributed by atoms with E-state index in [1.54, 1.807) is 29.3 Å². The summed E-state index contributed by atoms with van der Waals surface area (Å²) in [5.74, 6) is 6.99. The molecule has 178 valence electrons. The van der Waals surface area contributed by atoms with Crippen LogP contribution in [0.15, 0.2) is 67.7 Å². The summed E-state index contributed by atoms with van der Waals surface area (Å²) in [6, 6.07) is 9.51. The fraction of sp³-hybridized carbons (Fsp3) is 0.286. The number of carbonyl (C=O) groups is 1. The number of carbonyl (C=O) groups excluding carboxylic acids is 1. The van der Waals surface area contributed by atoms with Crippen LogP contribution in [0.3, 0.4) is 0 Å². The minimum absolute atomic E-state index is 0.00678. The number of urea groups is 1. The number of amidine groups is 1. The van der Waals surface area contributed by atoms with Crippen molar-refractivity contribution in [2.75, 3.05) is 19.7 Å². The van der Waals surface area contributed by atoms with Crippen molar-refractivity contribution in [3.8, 4) is 0 Å². The Hall–Kier alpha value is -3.68. The van der Waals surface area contributed by atoms with Gasteiger partial charge in [0.1, 0.15) is 17.7 Å². The van der Waals surface area contributed by atoms with Crippen LogP contribution >= 0.6 is 0 Å². The Morgan fingerprint density at radius 1 is 1.21 bits per heavy atom. The first-order valence-corrected chi connectivity index (χ1v) is 12.0. The molecule has 5 rings (SSSR count). The Bertz CT molecular complexity index is 1300. The molecule has 0 bridgehead atoms. The molecule has 1 aromatic carbocycles. The fourth-order valence-corrected chi connectivity index (χ4v) is 4.88. The second-order valence-corrected chi connectivity index (χ2v) is 9.37. The topological polar surface area (TPSA) is 137 Å². The maximum atomic E-state index is 13.2. The zero-order chi connectivity index (χ0) is 24.0. The molecular weight excluding hydrogens is 462 g/mol. The summed E-state index contributed by atoms with van der Waals surface area (Å²) in [5.41, 5.74) is 1.94. The molecule has 0 aliphatic carbocycles. The summed E-state index contributed by atoms with van der Waals surface area (Å²) in [6.45, 7) is 3.80. The summed E-state index contributed by atoms with van der Waals surface area (Å²) in [7, 11) is -3.97. The molecule has 4 heterocycles. The second-order valence-electron chi connectivity index (χ2n) is 7.75. The third kappa shape index (κ3) is 3.54. The molecule has 0 radical (unpaired) electrons. The van der Waals surface area contributed by atoms with Gasteiger partial charge in [-0.05, 0) is 38.1 Å². The minimum Gasteiger partial charge on any atom is -0.463 e. The molecule has 13 heteroatoms. The molecule has 1 saturated heterocycles. The summed E-state index contributed by atoms with van der Waals surface area (Å²) in [4.78, 5) is 23.7. The van der Waals surface area contributed by atoms with Gasteiger partial charge in [0.05, 0.1) is 24.3 Å². The van der Waals surface area contributed by atoms with Gasteiger partial charge in [-0.1, -0.05) is 17.7 Å². The van der Waals surface area contributed by atoms with E-state index in [4.69, 9.17) is 14.4 Å². The molecular formula is C21H23N7O5S. The van der Waals surface area contributed by atoms with E-state index in [1.807, 2.05) is 13.8 Å². The van der Waals surface area contributed by atoms with E-state index in [0.29, 0.717) is 29.5 Å². The zero-order valence-electron chi connectivity index (χ0n) is 18.5. The van der Waals surface area contributed by atoms with Crippen LogP contribution in [0.1, 0.15) is 18.2 Å². The molecule has 2 amide bonds. The van der Waals surface area contributed by atoms with Crippen LogP contribution in [-0.2, 0) is 14.3 Å². The van der Waals surface area contributed by atoms with Crippen molar-refractivity contribution in [2.45, 2.75) is 25.0 Å². The monoisotopic (exact) mass is 485 g/mol. The van der Waals surface area contributed by atoms with Gasteiger partial charge in [0.25, 0.3) is 10.1 Å². The summed E-state index contributed by atoms with van der Waals surface area (Å²) < 4.78 is 35.8. The van der Waals surface area contributed by atoms with Crippen LogP contribution in [0.25, 0.3) is 5.70 Å². The predicted octanol–water partition coefficient (Wildman–Crippen LogP) is 1.55. The minimum atomic E-state index is -3.97. The van der Waals surface area contributed by atoms with Gasteiger partial charge >= 0.3 is 6.03 Å². The first-order valence-electron chi connectivity index (χ1n) is 10.6. The van der Waals surface area contributed by atoms with Crippen molar-refractivity contribution >= 4 is 34.0 Å². The molecule has 1 unspecified atom stereocenters. The van der Waals surface area contributed by atoms with E-state index in [1.165, 1.54) is 39.7 Å². The van der Waals surface area contributed by atoms with E-state index in [9.17, 15) is 13.2 Å². The third-order valence-corrected chi connectivity index (χ3v) is 6.94. The SMILES string of the molecule is CCN1C(=O)N(CCOS(=O)(=O)c2ccc(C)cc2)C2N=C3C(=C(c4ccco4)N=CN3N)N21. The molecule has 2 aromatic rings. The predicted molar refractivity (Wildman–Crippen MR) is 122 cm³/mol. The molecule has 0 spiro atoms. The number of hydrogen-bond acceptors (Lipinski definition) is 10.